The number of ketones is 2. The lowest BCUT2D eigenvalue weighted by molar-refractivity contribution is -0.157. The number of rotatable bonds is 22. The zero-order valence-electron chi connectivity index (χ0n) is 28.5. The summed E-state index contributed by atoms with van der Waals surface area (Å²) in [5.74, 6) is -1.58. The van der Waals surface area contributed by atoms with Gasteiger partial charge in [0.2, 0.25) is 29.1 Å². The van der Waals surface area contributed by atoms with Crippen molar-refractivity contribution in [3.05, 3.63) is 76.8 Å². The van der Waals surface area contributed by atoms with Gasteiger partial charge in [0.05, 0.1) is 97.3 Å². The van der Waals surface area contributed by atoms with Gasteiger partial charge in [0.25, 0.3) is 0 Å². The predicted molar refractivity (Wildman–Crippen MR) is 192 cm³/mol. The van der Waals surface area contributed by atoms with Crippen LogP contribution in [0, 0.1) is 0 Å². The molecule has 0 bridgehead atoms. The number of halogens is 1. The number of ether oxygens (including phenoxy) is 7. The zero-order valence-corrected chi connectivity index (χ0v) is 30.0. The van der Waals surface area contributed by atoms with E-state index in [0.717, 1.165) is 17.5 Å². The number of benzene rings is 2. The number of amides is 1. The van der Waals surface area contributed by atoms with Gasteiger partial charge < -0.3 is 42.9 Å². The van der Waals surface area contributed by atoms with Crippen LogP contribution in [-0.4, -0.2) is 108 Å². The topological polar surface area (TPSA) is 170 Å². The quantitative estimate of drug-likeness (QED) is 0.0683. The number of esters is 1. The van der Waals surface area contributed by atoms with E-state index in [9.17, 15) is 19.2 Å². The van der Waals surface area contributed by atoms with Gasteiger partial charge in [-0.1, -0.05) is 23.8 Å². The summed E-state index contributed by atoms with van der Waals surface area (Å²) in [7, 11) is 1.52. The van der Waals surface area contributed by atoms with Crippen molar-refractivity contribution in [2.24, 2.45) is 4.99 Å². The molecule has 0 fully saturated rings. The third-order valence-electron chi connectivity index (χ3n) is 7.10. The fourth-order valence-electron chi connectivity index (χ4n) is 4.52. The fourth-order valence-corrected chi connectivity index (χ4v) is 4.98. The van der Waals surface area contributed by atoms with Crippen molar-refractivity contribution < 1.29 is 56.8 Å². The lowest BCUT2D eigenvalue weighted by atomic mass is 10.1. The van der Waals surface area contributed by atoms with E-state index in [0.29, 0.717) is 79.4 Å². The minimum Gasteiger partial charge on any atom is -0.496 e. The average molecular weight is 759 g/mol. The van der Waals surface area contributed by atoms with Crippen LogP contribution >= 0.6 is 23.8 Å². The van der Waals surface area contributed by atoms with Gasteiger partial charge in [0.1, 0.15) is 16.3 Å². The minimum absolute atomic E-state index is 0.0780. The molecule has 1 aromatic heterocycles. The lowest BCUT2D eigenvalue weighted by Crippen LogP contribution is -2.30. The first-order valence-corrected chi connectivity index (χ1v) is 17.1. The number of carbonyl (C=O) groups is 4. The summed E-state index contributed by atoms with van der Waals surface area (Å²) in [5.41, 5.74) is 2.08. The first-order valence-electron chi connectivity index (χ1n) is 16.3. The Kier molecular flexibility index (Phi) is 17.0. The summed E-state index contributed by atoms with van der Waals surface area (Å²) >= 11 is 11.5. The average Bonchev–Trinajstić information content (AvgIpc) is 3.44. The number of hydrogen-bond acceptors (Lipinski definition) is 14. The van der Waals surface area contributed by atoms with Crippen LogP contribution in [0.4, 0.5) is 5.69 Å². The van der Waals surface area contributed by atoms with E-state index in [1.54, 1.807) is 42.5 Å². The molecule has 14 nitrogen and oxygen atoms in total. The molecule has 1 amide bonds. The monoisotopic (exact) mass is 758 g/mol. The Balaban J connectivity index is 0.992. The first kappa shape index (κ1) is 40.4. The van der Waals surface area contributed by atoms with Crippen LogP contribution in [0.1, 0.15) is 18.4 Å². The third-order valence-corrected chi connectivity index (χ3v) is 7.66. The third kappa shape index (κ3) is 13.7. The molecule has 0 spiro atoms. The second-order valence-electron chi connectivity index (χ2n) is 10.9. The molecule has 1 N–H and O–H groups in total. The van der Waals surface area contributed by atoms with Crippen LogP contribution in [-0.2, 0) is 47.6 Å². The number of thiocarbonyl (C=S) groups is 1. The molecule has 278 valence electrons. The Hall–Kier alpha value is -4.35. The van der Waals surface area contributed by atoms with Gasteiger partial charge in [-0.3, -0.25) is 19.2 Å². The molecule has 1 heterocycles. The highest BCUT2D eigenvalue weighted by molar-refractivity contribution is 7.80. The van der Waals surface area contributed by atoms with Crippen LogP contribution in [0.15, 0.2) is 70.1 Å². The van der Waals surface area contributed by atoms with Gasteiger partial charge in [-0.05, 0) is 54.6 Å². The number of nitrogens with zero attached hydrogens (tertiary/aromatic N) is 1. The summed E-state index contributed by atoms with van der Waals surface area (Å²) in [4.78, 5) is 51.8. The van der Waals surface area contributed by atoms with E-state index in [-0.39, 0.29) is 43.6 Å². The summed E-state index contributed by atoms with van der Waals surface area (Å²) in [6, 6.07) is 14.1. The number of hydrogen-bond donors (Lipinski definition) is 1. The van der Waals surface area contributed by atoms with Crippen LogP contribution in [0.25, 0.3) is 11.0 Å². The Labute approximate surface area is 309 Å². The Morgan fingerprint density at radius 2 is 1.38 bits per heavy atom. The molecule has 0 unspecified atom stereocenters. The maximum Gasteiger partial charge on any atom is 0.309 e. The Bertz CT molecular complexity index is 1790. The van der Waals surface area contributed by atoms with E-state index < -0.39 is 23.6 Å². The van der Waals surface area contributed by atoms with Crippen molar-refractivity contribution in [1.82, 2.24) is 5.32 Å². The molecule has 1 aliphatic rings. The van der Waals surface area contributed by atoms with E-state index >= 15 is 0 Å². The summed E-state index contributed by atoms with van der Waals surface area (Å²) in [6.07, 6.45) is 0.832. The highest BCUT2D eigenvalue weighted by atomic mass is 35.5. The predicted octanol–water partition coefficient (Wildman–Crippen LogP) is 3.60. The molecule has 4 rings (SSSR count). The second kappa shape index (κ2) is 21.9. The molecule has 0 aliphatic heterocycles. The Morgan fingerprint density at radius 3 is 2.00 bits per heavy atom. The van der Waals surface area contributed by atoms with E-state index in [4.69, 9.17) is 61.4 Å². The fraction of sp³-hybridized carbons (Fsp3) is 0.389. The van der Waals surface area contributed by atoms with Gasteiger partial charge >= 0.3 is 5.97 Å². The molecule has 2 aromatic carbocycles. The van der Waals surface area contributed by atoms with Gasteiger partial charge in [0, 0.05) is 16.5 Å². The highest BCUT2D eigenvalue weighted by Gasteiger charge is 2.31. The van der Waals surface area contributed by atoms with Gasteiger partial charge in [-0.15, -0.1) is 0 Å². The molecular weight excluding hydrogens is 720 g/mol. The number of nitrogens with one attached hydrogen (secondary N) is 1. The first-order chi connectivity index (χ1) is 25.2. The molecule has 0 saturated heterocycles. The zero-order chi connectivity index (χ0) is 37.1. The maximum atomic E-state index is 12.5. The maximum absolute atomic E-state index is 12.5. The van der Waals surface area contributed by atoms with E-state index in [1.807, 2.05) is 6.07 Å². The highest BCUT2D eigenvalue weighted by Crippen LogP contribution is 2.25. The normalized spacial score (nSPS) is 13.2. The van der Waals surface area contributed by atoms with E-state index in [2.05, 4.69) is 10.3 Å². The SMILES string of the molecule is COc1ccc(/N=c2/ccc3cc(Cl)ccc3o2)cc1C(=S)NC(=O)CCOCCOCCOCCOCCOCCC(=O)OC1C(=O)C=CC1=O. The van der Waals surface area contributed by atoms with Crippen LogP contribution in [0.3, 0.4) is 0 Å². The number of methoxy groups -OCH3 is 1. The molecule has 16 heteroatoms. The second-order valence-corrected chi connectivity index (χ2v) is 11.7. The standard InChI is InChI=1S/C36H39ClN2O12S/c1-44-31-8-4-26(38-33-9-2-24-22-25(37)3-7-30(24)50-33)23-27(31)36(52)39-32(42)10-12-45-14-16-47-18-20-49-21-19-48-17-15-46-13-11-34(43)51-35-28(40)5-6-29(35)41/h2-9,22-23,35H,10-21H2,1H3,(H,39,42,52)/b38-33-. The van der Waals surface area contributed by atoms with Crippen molar-refractivity contribution in [1.29, 1.82) is 0 Å². The van der Waals surface area contributed by atoms with Crippen molar-refractivity contribution in [2.45, 2.75) is 18.9 Å². The molecule has 0 atom stereocenters. The summed E-state index contributed by atoms with van der Waals surface area (Å²) < 4.78 is 43.2. The smallest absolute Gasteiger partial charge is 0.309 e. The summed E-state index contributed by atoms with van der Waals surface area (Å²) in [6.45, 7) is 2.90. The minimum atomic E-state index is -1.36. The van der Waals surface area contributed by atoms with Crippen LogP contribution < -0.4 is 15.6 Å². The Morgan fingerprint density at radius 1 is 0.788 bits per heavy atom. The molecular formula is C36H39ClN2O12S. The van der Waals surface area contributed by atoms with Gasteiger partial charge in [-0.25, -0.2) is 4.99 Å². The van der Waals surface area contributed by atoms with Gasteiger partial charge in [-0.2, -0.15) is 0 Å². The molecule has 3 aromatic rings. The van der Waals surface area contributed by atoms with Crippen molar-refractivity contribution in [3.63, 3.8) is 0 Å². The van der Waals surface area contributed by atoms with E-state index in [1.165, 1.54) is 7.11 Å². The van der Waals surface area contributed by atoms with Crippen molar-refractivity contribution in [2.75, 3.05) is 73.2 Å². The van der Waals surface area contributed by atoms with Crippen LogP contribution in [0.2, 0.25) is 5.02 Å². The molecule has 0 radical (unpaired) electrons. The number of carbonyl (C=O) groups excluding carboxylic acids is 4. The lowest BCUT2D eigenvalue weighted by Gasteiger charge is -2.12. The summed E-state index contributed by atoms with van der Waals surface area (Å²) in [5, 5.41) is 4.18. The van der Waals surface area contributed by atoms with Crippen molar-refractivity contribution in [3.8, 4) is 5.75 Å². The molecule has 0 saturated carbocycles. The largest absolute Gasteiger partial charge is 0.496 e. The van der Waals surface area contributed by atoms with Gasteiger partial charge in [0.15, 0.2) is 0 Å². The molecule has 52 heavy (non-hydrogen) atoms. The van der Waals surface area contributed by atoms with Crippen molar-refractivity contribution >= 4 is 68.9 Å². The molecule has 1 aliphatic carbocycles. The van der Waals surface area contributed by atoms with Crippen LogP contribution in [0.5, 0.6) is 5.75 Å². The number of fused-ring (bicyclic) bond motifs is 1.